The first-order valence-electron chi connectivity index (χ1n) is 4.22. The van der Waals surface area contributed by atoms with Crippen LogP contribution in [0.25, 0.3) is 0 Å². The molecule has 0 radical (unpaired) electrons. The highest BCUT2D eigenvalue weighted by Crippen LogP contribution is 2.08. The van der Waals surface area contributed by atoms with Crippen LogP contribution in [0.1, 0.15) is 32.1 Å². The first-order chi connectivity index (χ1) is 5.31. The highest BCUT2D eigenvalue weighted by atomic mass is 16.2. The van der Waals surface area contributed by atoms with Crippen molar-refractivity contribution in [3.63, 3.8) is 0 Å². The smallest absolute Gasteiger partial charge is 0.0431 e. The second-order valence-electron chi connectivity index (χ2n) is 2.75. The van der Waals surface area contributed by atoms with Crippen LogP contribution in [-0.2, 0) is 0 Å². The molecule has 0 amide bonds. The number of unbranched alkanes of at least 4 members (excludes halogenated alkanes) is 3. The zero-order chi connectivity index (χ0) is 8.53. The molecular weight excluding hydrogens is 136 g/mol. The van der Waals surface area contributed by atoms with Gasteiger partial charge in [-0.05, 0) is 19.3 Å². The normalized spacial score (nSPS) is 9.55. The molecule has 11 heavy (non-hydrogen) atoms. The molecule has 1 heteroatoms. The van der Waals surface area contributed by atoms with Crippen molar-refractivity contribution >= 4 is 0 Å². The fourth-order valence-electron chi connectivity index (χ4n) is 0.919. The van der Waals surface area contributed by atoms with Crippen molar-refractivity contribution in [2.45, 2.75) is 32.1 Å². The summed E-state index contributed by atoms with van der Waals surface area (Å²) in [4.78, 5) is 0. The summed E-state index contributed by atoms with van der Waals surface area (Å²) in [5.74, 6) is 0. The van der Waals surface area contributed by atoms with Crippen LogP contribution in [0.15, 0.2) is 24.8 Å². The van der Waals surface area contributed by atoms with Crippen LogP contribution in [0, 0.1) is 0 Å². The minimum absolute atomic E-state index is 0.322. The third-order valence-electron chi connectivity index (χ3n) is 1.69. The molecular formula is C10H18O. The van der Waals surface area contributed by atoms with Gasteiger partial charge in [-0.3, -0.25) is 0 Å². The molecule has 0 aliphatic rings. The van der Waals surface area contributed by atoms with Gasteiger partial charge in [-0.15, -0.1) is 0 Å². The minimum atomic E-state index is 0.322. The number of rotatable bonds is 7. The lowest BCUT2D eigenvalue weighted by Crippen LogP contribution is -1.83. The molecule has 64 valence electrons. The topological polar surface area (TPSA) is 20.2 Å². The standard InChI is InChI=1S/C10H18O/c1-3-10(2)8-6-4-5-7-9-11/h3,11H,1-2,4-9H2. The van der Waals surface area contributed by atoms with E-state index in [9.17, 15) is 0 Å². The number of allylic oxidation sites excluding steroid dienone is 2. The summed E-state index contributed by atoms with van der Waals surface area (Å²) >= 11 is 0. The van der Waals surface area contributed by atoms with Crippen molar-refractivity contribution in [1.82, 2.24) is 0 Å². The number of aliphatic hydroxyl groups is 1. The van der Waals surface area contributed by atoms with Crippen LogP contribution in [0.3, 0.4) is 0 Å². The maximum Gasteiger partial charge on any atom is 0.0431 e. The Balaban J connectivity index is 3.01. The lowest BCUT2D eigenvalue weighted by molar-refractivity contribution is 0.282. The summed E-state index contributed by atoms with van der Waals surface area (Å²) in [6.07, 6.45) is 7.28. The summed E-state index contributed by atoms with van der Waals surface area (Å²) in [5, 5.41) is 8.49. The minimum Gasteiger partial charge on any atom is -0.396 e. The second kappa shape index (κ2) is 7.55. The van der Waals surface area contributed by atoms with E-state index in [4.69, 9.17) is 5.11 Å². The average molecular weight is 154 g/mol. The molecule has 0 bridgehead atoms. The van der Waals surface area contributed by atoms with Crippen LogP contribution in [-0.4, -0.2) is 11.7 Å². The quantitative estimate of drug-likeness (QED) is 0.441. The molecule has 0 unspecified atom stereocenters. The number of hydrogen-bond acceptors (Lipinski definition) is 1. The molecule has 0 aromatic heterocycles. The molecule has 0 saturated heterocycles. The van der Waals surface area contributed by atoms with Crippen molar-refractivity contribution in [2.24, 2.45) is 0 Å². The molecule has 0 aliphatic heterocycles. The average Bonchev–Trinajstić information content (AvgIpc) is 2.04. The first kappa shape index (κ1) is 10.4. The van der Waals surface area contributed by atoms with Crippen LogP contribution in [0.4, 0.5) is 0 Å². The van der Waals surface area contributed by atoms with E-state index in [2.05, 4.69) is 13.2 Å². The van der Waals surface area contributed by atoms with Crippen LogP contribution in [0.5, 0.6) is 0 Å². The third kappa shape index (κ3) is 7.34. The molecule has 0 heterocycles. The fourth-order valence-corrected chi connectivity index (χ4v) is 0.919. The van der Waals surface area contributed by atoms with Gasteiger partial charge >= 0.3 is 0 Å². The summed E-state index contributed by atoms with van der Waals surface area (Å²) < 4.78 is 0. The van der Waals surface area contributed by atoms with Crippen molar-refractivity contribution in [3.8, 4) is 0 Å². The van der Waals surface area contributed by atoms with Crippen molar-refractivity contribution in [1.29, 1.82) is 0 Å². The van der Waals surface area contributed by atoms with Crippen LogP contribution >= 0.6 is 0 Å². The first-order valence-corrected chi connectivity index (χ1v) is 4.22. The predicted molar refractivity (Wildman–Crippen MR) is 49.5 cm³/mol. The second-order valence-corrected chi connectivity index (χ2v) is 2.75. The maximum absolute atomic E-state index is 8.49. The highest BCUT2D eigenvalue weighted by molar-refractivity contribution is 5.10. The molecule has 1 nitrogen and oxygen atoms in total. The highest BCUT2D eigenvalue weighted by Gasteiger charge is 1.90. The number of aliphatic hydroxyl groups excluding tert-OH is 1. The van der Waals surface area contributed by atoms with Crippen LogP contribution in [0.2, 0.25) is 0 Å². The van der Waals surface area contributed by atoms with Gasteiger partial charge in [0.2, 0.25) is 0 Å². The van der Waals surface area contributed by atoms with E-state index in [1.807, 2.05) is 6.08 Å². The molecule has 0 aliphatic carbocycles. The Bertz CT molecular complexity index is 116. The Morgan fingerprint density at radius 2 is 1.82 bits per heavy atom. The molecule has 0 aromatic rings. The Morgan fingerprint density at radius 3 is 2.36 bits per heavy atom. The lowest BCUT2D eigenvalue weighted by Gasteiger charge is -1.99. The van der Waals surface area contributed by atoms with Crippen molar-refractivity contribution in [2.75, 3.05) is 6.61 Å². The van der Waals surface area contributed by atoms with Gasteiger partial charge in [0.15, 0.2) is 0 Å². The largest absolute Gasteiger partial charge is 0.396 e. The third-order valence-corrected chi connectivity index (χ3v) is 1.69. The maximum atomic E-state index is 8.49. The zero-order valence-electron chi connectivity index (χ0n) is 7.18. The Kier molecular flexibility index (Phi) is 7.16. The van der Waals surface area contributed by atoms with Gasteiger partial charge in [0, 0.05) is 6.61 Å². The van der Waals surface area contributed by atoms with Gasteiger partial charge in [0.05, 0.1) is 0 Å². The Hall–Kier alpha value is -0.560. The fraction of sp³-hybridized carbons (Fsp3) is 0.600. The van der Waals surface area contributed by atoms with E-state index in [1.54, 1.807) is 0 Å². The van der Waals surface area contributed by atoms with Gasteiger partial charge in [-0.2, -0.15) is 0 Å². The SMILES string of the molecule is C=CC(=C)CCCCCCO. The molecule has 1 N–H and O–H groups in total. The Morgan fingerprint density at radius 1 is 1.18 bits per heavy atom. The van der Waals surface area contributed by atoms with Gasteiger partial charge in [0.1, 0.15) is 0 Å². The summed E-state index contributed by atoms with van der Waals surface area (Å²) in [7, 11) is 0. The van der Waals surface area contributed by atoms with Gasteiger partial charge < -0.3 is 5.11 Å². The molecule has 0 aromatic carbocycles. The van der Waals surface area contributed by atoms with E-state index in [1.165, 1.54) is 12.8 Å². The molecule has 0 atom stereocenters. The lowest BCUT2D eigenvalue weighted by atomic mass is 10.1. The summed E-state index contributed by atoms with van der Waals surface area (Å²) in [6, 6.07) is 0. The van der Waals surface area contributed by atoms with E-state index in [-0.39, 0.29) is 0 Å². The zero-order valence-corrected chi connectivity index (χ0v) is 7.18. The number of hydrogen-bond donors (Lipinski definition) is 1. The van der Waals surface area contributed by atoms with E-state index >= 15 is 0 Å². The summed E-state index contributed by atoms with van der Waals surface area (Å²) in [6.45, 7) is 7.78. The molecule has 0 spiro atoms. The van der Waals surface area contributed by atoms with Crippen molar-refractivity contribution in [3.05, 3.63) is 24.8 Å². The van der Waals surface area contributed by atoms with Gasteiger partial charge in [-0.1, -0.05) is 37.6 Å². The molecule has 0 rings (SSSR count). The molecule has 0 fully saturated rings. The van der Waals surface area contributed by atoms with E-state index < -0.39 is 0 Å². The van der Waals surface area contributed by atoms with Crippen molar-refractivity contribution < 1.29 is 5.11 Å². The monoisotopic (exact) mass is 154 g/mol. The molecule has 0 saturated carbocycles. The summed E-state index contributed by atoms with van der Waals surface area (Å²) in [5.41, 5.74) is 1.12. The Labute approximate surface area is 69.4 Å². The van der Waals surface area contributed by atoms with Crippen LogP contribution < -0.4 is 0 Å². The van der Waals surface area contributed by atoms with Gasteiger partial charge in [-0.25, -0.2) is 0 Å². The van der Waals surface area contributed by atoms with E-state index in [0.717, 1.165) is 24.8 Å². The van der Waals surface area contributed by atoms with Gasteiger partial charge in [0.25, 0.3) is 0 Å². The van der Waals surface area contributed by atoms with E-state index in [0.29, 0.717) is 6.61 Å². The predicted octanol–water partition coefficient (Wildman–Crippen LogP) is 2.67.